The third-order valence-electron chi connectivity index (χ3n) is 3.97. The van der Waals surface area contributed by atoms with Gasteiger partial charge in [0.2, 0.25) is 0 Å². The molecule has 0 saturated carbocycles. The van der Waals surface area contributed by atoms with Crippen LogP contribution in [0.1, 0.15) is 5.76 Å². The van der Waals surface area contributed by atoms with Gasteiger partial charge in [0.25, 0.3) is 11.6 Å². The number of hydrazone groups is 1. The first-order valence-corrected chi connectivity index (χ1v) is 9.08. The lowest BCUT2D eigenvalue weighted by Gasteiger charge is -2.04. The summed E-state index contributed by atoms with van der Waals surface area (Å²) in [6, 6.07) is 14.6. The topological polar surface area (TPSA) is 119 Å². The molecule has 9 nitrogen and oxygen atoms in total. The van der Waals surface area contributed by atoms with Gasteiger partial charge in [0.1, 0.15) is 17.3 Å². The van der Waals surface area contributed by atoms with Gasteiger partial charge < -0.3 is 14.5 Å². The van der Waals surface area contributed by atoms with Crippen LogP contribution in [0.3, 0.4) is 0 Å². The van der Waals surface area contributed by atoms with Gasteiger partial charge in [-0.05, 0) is 48.5 Å². The number of halogens is 1. The first-order chi connectivity index (χ1) is 14.5. The molecule has 10 heteroatoms. The molecule has 0 fully saturated rings. The Kier molecular flexibility index (Phi) is 6.66. The van der Waals surface area contributed by atoms with Gasteiger partial charge in [0.15, 0.2) is 0 Å². The molecule has 0 aliphatic carbocycles. The summed E-state index contributed by atoms with van der Waals surface area (Å²) in [5.41, 5.74) is 3.27. The van der Waals surface area contributed by atoms with Crippen LogP contribution in [0.4, 0.5) is 11.4 Å². The van der Waals surface area contributed by atoms with Crippen molar-refractivity contribution in [3.63, 3.8) is 0 Å². The van der Waals surface area contributed by atoms with Crippen molar-refractivity contribution in [1.82, 2.24) is 5.43 Å². The number of furan rings is 1. The van der Waals surface area contributed by atoms with Gasteiger partial charge >= 0.3 is 0 Å². The second kappa shape index (κ2) is 9.57. The van der Waals surface area contributed by atoms with E-state index in [4.69, 9.17) is 20.8 Å². The highest BCUT2D eigenvalue weighted by atomic mass is 35.5. The van der Waals surface area contributed by atoms with E-state index in [2.05, 4.69) is 15.8 Å². The number of carbonyl (C=O) groups is 1. The van der Waals surface area contributed by atoms with Crippen molar-refractivity contribution in [3.8, 4) is 17.1 Å². The van der Waals surface area contributed by atoms with Crippen LogP contribution < -0.4 is 15.5 Å². The molecule has 0 aliphatic heterocycles. The molecule has 3 aromatic rings. The van der Waals surface area contributed by atoms with Crippen molar-refractivity contribution in [2.24, 2.45) is 5.10 Å². The van der Waals surface area contributed by atoms with Crippen LogP contribution in [0, 0.1) is 10.1 Å². The zero-order chi connectivity index (χ0) is 21.5. The Bertz CT molecular complexity index is 1080. The number of carbonyl (C=O) groups excluding carboxylic acids is 1. The average molecular weight is 429 g/mol. The van der Waals surface area contributed by atoms with E-state index in [0.29, 0.717) is 27.9 Å². The number of nitro benzene ring substituents is 1. The second-order valence-corrected chi connectivity index (χ2v) is 6.43. The maximum Gasteiger partial charge on any atom is 0.284 e. The van der Waals surface area contributed by atoms with Crippen LogP contribution in [-0.2, 0) is 4.79 Å². The van der Waals surface area contributed by atoms with Crippen molar-refractivity contribution < 1.29 is 18.9 Å². The van der Waals surface area contributed by atoms with Gasteiger partial charge in [-0.25, -0.2) is 5.43 Å². The molecule has 0 radical (unpaired) electrons. The van der Waals surface area contributed by atoms with E-state index in [1.807, 2.05) is 0 Å². The monoisotopic (exact) mass is 428 g/mol. The summed E-state index contributed by atoms with van der Waals surface area (Å²) in [7, 11) is 1.43. The lowest BCUT2D eigenvalue weighted by atomic mass is 10.1. The summed E-state index contributed by atoms with van der Waals surface area (Å²) in [6.45, 7) is 0.0143. The minimum atomic E-state index is -0.512. The number of hydrogen-bond acceptors (Lipinski definition) is 7. The van der Waals surface area contributed by atoms with E-state index in [9.17, 15) is 14.9 Å². The van der Waals surface area contributed by atoms with E-state index in [0.717, 1.165) is 5.69 Å². The third kappa shape index (κ3) is 5.36. The molecule has 0 atom stereocenters. The van der Waals surface area contributed by atoms with Gasteiger partial charge in [-0.1, -0.05) is 11.6 Å². The van der Waals surface area contributed by atoms with Crippen LogP contribution in [-0.4, -0.2) is 30.7 Å². The molecule has 1 aromatic heterocycles. The van der Waals surface area contributed by atoms with Crippen molar-refractivity contribution >= 4 is 35.1 Å². The number of nitro groups is 1. The molecule has 1 heterocycles. The van der Waals surface area contributed by atoms with Gasteiger partial charge in [-0.2, -0.15) is 5.10 Å². The summed E-state index contributed by atoms with van der Waals surface area (Å²) in [4.78, 5) is 22.7. The quantitative estimate of drug-likeness (QED) is 0.317. The van der Waals surface area contributed by atoms with Gasteiger partial charge in [-0.15, -0.1) is 0 Å². The zero-order valence-corrected chi connectivity index (χ0v) is 16.6. The largest absolute Gasteiger partial charge is 0.497 e. The SMILES string of the molecule is COc1ccc(-c2ccc(/C=N\NC(=O)CNc3ccc(Cl)cc3)o2)c([N+](=O)[O-])c1. The molecule has 0 saturated heterocycles. The molecular formula is C20H17ClN4O5. The number of nitrogens with zero attached hydrogens (tertiary/aromatic N) is 2. The Labute approximate surface area is 176 Å². The van der Waals surface area contributed by atoms with Crippen LogP contribution in [0.5, 0.6) is 5.75 Å². The molecule has 0 bridgehead atoms. The fourth-order valence-electron chi connectivity index (χ4n) is 2.52. The minimum Gasteiger partial charge on any atom is -0.497 e. The van der Waals surface area contributed by atoms with E-state index in [1.165, 1.54) is 19.4 Å². The summed E-state index contributed by atoms with van der Waals surface area (Å²) < 4.78 is 10.6. The highest BCUT2D eigenvalue weighted by Gasteiger charge is 2.19. The third-order valence-corrected chi connectivity index (χ3v) is 4.22. The molecule has 0 spiro atoms. The number of anilines is 1. The van der Waals surface area contributed by atoms with Crippen LogP contribution >= 0.6 is 11.6 Å². The average Bonchev–Trinajstić information content (AvgIpc) is 3.21. The molecule has 30 heavy (non-hydrogen) atoms. The number of hydrogen-bond donors (Lipinski definition) is 2. The molecule has 1 amide bonds. The summed E-state index contributed by atoms with van der Waals surface area (Å²) in [5, 5.41) is 18.7. The maximum atomic E-state index is 11.8. The molecular weight excluding hydrogens is 412 g/mol. The van der Waals surface area contributed by atoms with E-state index >= 15 is 0 Å². The Morgan fingerprint density at radius 1 is 1.23 bits per heavy atom. The fourth-order valence-corrected chi connectivity index (χ4v) is 2.65. The Morgan fingerprint density at radius 3 is 2.70 bits per heavy atom. The smallest absolute Gasteiger partial charge is 0.284 e. The Balaban J connectivity index is 1.60. The maximum absolute atomic E-state index is 11.8. The standard InChI is InChI=1S/C20H17ClN4O5/c1-29-15-6-8-17(18(10-15)25(27)28)19-9-7-16(30-19)11-23-24-20(26)12-22-14-4-2-13(21)3-5-14/h2-11,22H,12H2,1H3,(H,24,26)/b23-11-. The summed E-state index contributed by atoms with van der Waals surface area (Å²) in [5.74, 6) is 0.620. The molecule has 154 valence electrons. The summed E-state index contributed by atoms with van der Waals surface area (Å²) in [6.07, 6.45) is 1.30. The lowest BCUT2D eigenvalue weighted by Crippen LogP contribution is -2.25. The van der Waals surface area contributed by atoms with Gasteiger partial charge in [0.05, 0.1) is 36.4 Å². The number of ether oxygens (including phenoxy) is 1. The Morgan fingerprint density at radius 2 is 2.00 bits per heavy atom. The van der Waals surface area contributed by atoms with E-state index in [1.54, 1.807) is 48.5 Å². The molecule has 3 rings (SSSR count). The minimum absolute atomic E-state index is 0.0143. The van der Waals surface area contributed by atoms with Gasteiger partial charge in [-0.3, -0.25) is 14.9 Å². The number of amides is 1. The second-order valence-electron chi connectivity index (χ2n) is 6.00. The first-order valence-electron chi connectivity index (χ1n) is 8.70. The van der Waals surface area contributed by atoms with E-state index < -0.39 is 4.92 Å². The van der Waals surface area contributed by atoms with Crippen LogP contribution in [0.2, 0.25) is 5.02 Å². The predicted octanol–water partition coefficient (Wildman–Crippen LogP) is 4.08. The molecule has 2 aromatic carbocycles. The van der Waals surface area contributed by atoms with Crippen molar-refractivity contribution in [2.75, 3.05) is 19.0 Å². The number of nitrogens with one attached hydrogen (secondary N) is 2. The normalized spacial score (nSPS) is 10.7. The molecule has 0 aliphatic rings. The van der Waals surface area contributed by atoms with Gasteiger partial charge in [0, 0.05) is 10.7 Å². The highest BCUT2D eigenvalue weighted by molar-refractivity contribution is 6.30. The van der Waals surface area contributed by atoms with Crippen molar-refractivity contribution in [1.29, 1.82) is 0 Å². The zero-order valence-electron chi connectivity index (χ0n) is 15.8. The number of benzene rings is 2. The molecule has 0 unspecified atom stereocenters. The predicted molar refractivity (Wildman–Crippen MR) is 113 cm³/mol. The highest BCUT2D eigenvalue weighted by Crippen LogP contribution is 2.33. The first kappa shape index (κ1) is 20.9. The van der Waals surface area contributed by atoms with E-state index in [-0.39, 0.29) is 18.1 Å². The van der Waals surface area contributed by atoms with Crippen LogP contribution in [0.25, 0.3) is 11.3 Å². The number of rotatable bonds is 8. The summed E-state index contributed by atoms with van der Waals surface area (Å²) >= 11 is 5.81. The molecule has 2 N–H and O–H groups in total. The van der Waals surface area contributed by atoms with Crippen molar-refractivity contribution in [3.05, 3.63) is 75.5 Å². The van der Waals surface area contributed by atoms with Crippen molar-refractivity contribution in [2.45, 2.75) is 0 Å². The number of methoxy groups -OCH3 is 1. The van der Waals surface area contributed by atoms with Crippen LogP contribution in [0.15, 0.2) is 64.1 Å². The Hall–Kier alpha value is -3.85. The lowest BCUT2D eigenvalue weighted by molar-refractivity contribution is -0.384. The fraction of sp³-hybridized carbons (Fsp3) is 0.100.